The van der Waals surface area contributed by atoms with Crippen LogP contribution in [0.15, 0.2) is 0 Å². The van der Waals surface area contributed by atoms with Gasteiger partial charge in [0.1, 0.15) is 0 Å². The van der Waals surface area contributed by atoms with Gasteiger partial charge in [-0.2, -0.15) is 0 Å². The minimum Gasteiger partial charge on any atom is -0.375 e. The van der Waals surface area contributed by atoms with E-state index in [4.69, 9.17) is 4.74 Å². The lowest BCUT2D eigenvalue weighted by Crippen LogP contribution is -2.47. The largest absolute Gasteiger partial charge is 0.375 e. The number of rotatable bonds is 7. The third-order valence-corrected chi connectivity index (χ3v) is 4.02. The minimum atomic E-state index is 0.0517. The fraction of sp³-hybridized carbons (Fsp3) is 0.933. The average molecular weight is 270 g/mol. The molecule has 1 aliphatic heterocycles. The monoisotopic (exact) mass is 270 g/mol. The molecule has 0 bridgehead atoms. The Morgan fingerprint density at radius 3 is 2.63 bits per heavy atom. The molecule has 0 aromatic heterocycles. The molecular weight excluding hydrogens is 240 g/mol. The molecule has 112 valence electrons. The van der Waals surface area contributed by atoms with Crippen molar-refractivity contribution in [1.82, 2.24) is 10.6 Å². The molecule has 4 nitrogen and oxygen atoms in total. The van der Waals surface area contributed by atoms with E-state index >= 15 is 0 Å². The minimum absolute atomic E-state index is 0.0517. The standard InChI is InChI=1S/C15H30N2O2/c1-5-15(6-2)11-13(8-10-19-15)16-9-7-14(18)17-12(3)4/h12-13,16H,5-11H2,1-4H3,(H,17,18). The Kier molecular flexibility index (Phi) is 6.80. The van der Waals surface area contributed by atoms with Gasteiger partial charge in [-0.05, 0) is 39.5 Å². The van der Waals surface area contributed by atoms with Gasteiger partial charge in [-0.15, -0.1) is 0 Å². The van der Waals surface area contributed by atoms with E-state index in [9.17, 15) is 4.79 Å². The summed E-state index contributed by atoms with van der Waals surface area (Å²) >= 11 is 0. The van der Waals surface area contributed by atoms with Crippen LogP contribution in [0.1, 0.15) is 59.8 Å². The van der Waals surface area contributed by atoms with Crippen LogP contribution in [0.2, 0.25) is 0 Å². The molecule has 1 saturated heterocycles. The summed E-state index contributed by atoms with van der Waals surface area (Å²) in [6, 6.07) is 0.712. The Balaban J connectivity index is 2.28. The SMILES string of the molecule is CCC1(CC)CC(NCCC(=O)NC(C)C)CCO1. The molecule has 0 aromatic rings. The van der Waals surface area contributed by atoms with Gasteiger partial charge in [-0.3, -0.25) is 4.79 Å². The lowest BCUT2D eigenvalue weighted by molar-refractivity contribution is -0.121. The van der Waals surface area contributed by atoms with Crippen molar-refractivity contribution in [3.05, 3.63) is 0 Å². The molecule has 1 fully saturated rings. The number of amides is 1. The maximum absolute atomic E-state index is 11.6. The van der Waals surface area contributed by atoms with E-state index in [1.54, 1.807) is 0 Å². The molecule has 1 amide bonds. The molecule has 0 spiro atoms. The average Bonchev–Trinajstić information content (AvgIpc) is 2.38. The molecule has 1 atom stereocenters. The van der Waals surface area contributed by atoms with E-state index in [0.717, 1.165) is 38.8 Å². The summed E-state index contributed by atoms with van der Waals surface area (Å²) in [6.07, 6.45) is 4.80. The zero-order chi connectivity index (χ0) is 14.3. The van der Waals surface area contributed by atoms with Crippen molar-refractivity contribution in [1.29, 1.82) is 0 Å². The Morgan fingerprint density at radius 2 is 2.05 bits per heavy atom. The van der Waals surface area contributed by atoms with Crippen molar-refractivity contribution in [3.8, 4) is 0 Å². The second-order valence-electron chi connectivity index (χ2n) is 5.85. The zero-order valence-corrected chi connectivity index (χ0v) is 12.9. The van der Waals surface area contributed by atoms with Crippen LogP contribution in [0.3, 0.4) is 0 Å². The summed E-state index contributed by atoms with van der Waals surface area (Å²) < 4.78 is 5.95. The quantitative estimate of drug-likeness (QED) is 0.746. The van der Waals surface area contributed by atoms with Gasteiger partial charge in [-0.25, -0.2) is 0 Å². The fourth-order valence-corrected chi connectivity index (χ4v) is 2.73. The van der Waals surface area contributed by atoms with Crippen LogP contribution in [0.4, 0.5) is 0 Å². The van der Waals surface area contributed by atoms with Crippen LogP contribution in [0.5, 0.6) is 0 Å². The number of nitrogens with one attached hydrogen (secondary N) is 2. The topological polar surface area (TPSA) is 50.4 Å². The van der Waals surface area contributed by atoms with Gasteiger partial charge in [0, 0.05) is 31.7 Å². The van der Waals surface area contributed by atoms with Crippen molar-refractivity contribution in [3.63, 3.8) is 0 Å². The summed E-state index contributed by atoms with van der Waals surface area (Å²) in [7, 11) is 0. The number of hydrogen-bond donors (Lipinski definition) is 2. The van der Waals surface area contributed by atoms with E-state index in [0.29, 0.717) is 12.5 Å². The van der Waals surface area contributed by atoms with E-state index in [1.165, 1.54) is 0 Å². The van der Waals surface area contributed by atoms with E-state index < -0.39 is 0 Å². The van der Waals surface area contributed by atoms with E-state index in [2.05, 4.69) is 24.5 Å². The second-order valence-corrected chi connectivity index (χ2v) is 5.85. The molecule has 1 heterocycles. The van der Waals surface area contributed by atoms with E-state index in [-0.39, 0.29) is 17.6 Å². The number of carbonyl (C=O) groups is 1. The number of carbonyl (C=O) groups excluding carboxylic acids is 1. The third kappa shape index (κ3) is 5.49. The highest BCUT2D eigenvalue weighted by Gasteiger charge is 2.34. The Labute approximate surface area is 117 Å². The summed E-state index contributed by atoms with van der Waals surface area (Å²) in [6.45, 7) is 9.95. The van der Waals surface area contributed by atoms with Gasteiger partial charge < -0.3 is 15.4 Å². The van der Waals surface area contributed by atoms with Crippen LogP contribution in [0.25, 0.3) is 0 Å². The van der Waals surface area contributed by atoms with Gasteiger partial charge in [-0.1, -0.05) is 13.8 Å². The molecule has 0 aliphatic carbocycles. The predicted molar refractivity (Wildman–Crippen MR) is 78.2 cm³/mol. The van der Waals surface area contributed by atoms with Gasteiger partial charge in [0.2, 0.25) is 5.91 Å². The van der Waals surface area contributed by atoms with Crippen molar-refractivity contribution < 1.29 is 9.53 Å². The third-order valence-electron chi connectivity index (χ3n) is 4.02. The molecule has 0 radical (unpaired) electrons. The van der Waals surface area contributed by atoms with Gasteiger partial charge in [0.05, 0.1) is 5.60 Å². The predicted octanol–water partition coefficient (Wildman–Crippen LogP) is 2.23. The van der Waals surface area contributed by atoms with Crippen LogP contribution in [0, 0.1) is 0 Å². The van der Waals surface area contributed by atoms with Crippen LogP contribution >= 0.6 is 0 Å². The molecule has 2 N–H and O–H groups in total. The van der Waals surface area contributed by atoms with Gasteiger partial charge >= 0.3 is 0 Å². The van der Waals surface area contributed by atoms with Crippen LogP contribution in [-0.4, -0.2) is 36.7 Å². The Bertz CT molecular complexity index is 275. The van der Waals surface area contributed by atoms with Crippen molar-refractivity contribution in [2.24, 2.45) is 0 Å². The molecule has 1 unspecified atom stereocenters. The summed E-state index contributed by atoms with van der Waals surface area (Å²) in [4.78, 5) is 11.6. The molecule has 0 aromatic carbocycles. The van der Waals surface area contributed by atoms with Crippen molar-refractivity contribution in [2.75, 3.05) is 13.2 Å². The maximum Gasteiger partial charge on any atom is 0.221 e. The highest BCUT2D eigenvalue weighted by molar-refractivity contribution is 5.76. The Hall–Kier alpha value is -0.610. The molecule has 1 rings (SSSR count). The number of ether oxygens (including phenoxy) is 1. The lowest BCUT2D eigenvalue weighted by Gasteiger charge is -2.40. The summed E-state index contributed by atoms with van der Waals surface area (Å²) in [5.74, 6) is 0.131. The summed E-state index contributed by atoms with van der Waals surface area (Å²) in [5.41, 5.74) is 0.0517. The first-order valence-electron chi connectivity index (χ1n) is 7.68. The van der Waals surface area contributed by atoms with Crippen LogP contribution in [-0.2, 0) is 9.53 Å². The fourth-order valence-electron chi connectivity index (χ4n) is 2.73. The number of hydrogen-bond acceptors (Lipinski definition) is 3. The maximum atomic E-state index is 11.6. The lowest BCUT2D eigenvalue weighted by atomic mass is 9.86. The molecule has 4 heteroatoms. The second kappa shape index (κ2) is 7.85. The van der Waals surface area contributed by atoms with Gasteiger partial charge in [0.15, 0.2) is 0 Å². The smallest absolute Gasteiger partial charge is 0.221 e. The van der Waals surface area contributed by atoms with Crippen molar-refractivity contribution in [2.45, 2.75) is 77.5 Å². The first-order valence-corrected chi connectivity index (χ1v) is 7.68. The Morgan fingerprint density at radius 1 is 1.37 bits per heavy atom. The highest BCUT2D eigenvalue weighted by Crippen LogP contribution is 2.31. The summed E-state index contributed by atoms with van der Waals surface area (Å²) in [5, 5.41) is 6.42. The highest BCUT2D eigenvalue weighted by atomic mass is 16.5. The van der Waals surface area contributed by atoms with E-state index in [1.807, 2.05) is 13.8 Å². The molecular formula is C15H30N2O2. The zero-order valence-electron chi connectivity index (χ0n) is 12.9. The van der Waals surface area contributed by atoms with Gasteiger partial charge in [0.25, 0.3) is 0 Å². The normalized spacial score (nSPS) is 22.5. The molecule has 1 aliphatic rings. The van der Waals surface area contributed by atoms with Crippen LogP contribution < -0.4 is 10.6 Å². The first-order chi connectivity index (χ1) is 9.01. The first kappa shape index (κ1) is 16.4. The van der Waals surface area contributed by atoms with Crippen molar-refractivity contribution >= 4 is 5.91 Å². The molecule has 19 heavy (non-hydrogen) atoms. The molecule has 0 saturated carbocycles.